The summed E-state index contributed by atoms with van der Waals surface area (Å²) in [5, 5.41) is 9.76. The minimum atomic E-state index is -1.35. The molecule has 2 saturated heterocycles. The van der Waals surface area contributed by atoms with Crippen molar-refractivity contribution in [1.29, 1.82) is 0 Å². The standard InChI is InChI=1S/C27H27ClF3N5O2/c1-37-23-6-22(19(29)5-20(23)30)35-11-26(12-35)7-17(8-26)25-33-32-24-10-34(13-27(31)14-38-15-27)9-16-4-18(28)2-3-21(16)36(24)25/h2-6,17H,7-15H2,1H3. The lowest BCUT2D eigenvalue weighted by Crippen LogP contribution is -2.62. The molecule has 1 saturated carbocycles. The van der Waals surface area contributed by atoms with Gasteiger partial charge in [-0.15, -0.1) is 10.2 Å². The van der Waals surface area contributed by atoms with E-state index < -0.39 is 17.3 Å². The molecule has 0 bridgehead atoms. The number of nitrogens with zero attached hydrogens (tertiary/aromatic N) is 5. The predicted octanol–water partition coefficient (Wildman–Crippen LogP) is 4.65. The molecular formula is C27H27ClF3N5O2. The van der Waals surface area contributed by atoms with Gasteiger partial charge in [0.15, 0.2) is 23.1 Å². The molecule has 3 aliphatic heterocycles. The van der Waals surface area contributed by atoms with Crippen LogP contribution in [-0.2, 0) is 17.8 Å². The van der Waals surface area contributed by atoms with Crippen molar-refractivity contribution >= 4 is 17.3 Å². The van der Waals surface area contributed by atoms with E-state index >= 15 is 0 Å². The number of methoxy groups -OCH3 is 1. The van der Waals surface area contributed by atoms with Gasteiger partial charge in [0.05, 0.1) is 38.2 Å². The summed E-state index contributed by atoms with van der Waals surface area (Å²) in [4.78, 5) is 3.98. The summed E-state index contributed by atoms with van der Waals surface area (Å²) in [5.74, 6) is 0.626. The van der Waals surface area contributed by atoms with Gasteiger partial charge in [-0.2, -0.15) is 0 Å². The van der Waals surface area contributed by atoms with E-state index in [0.29, 0.717) is 36.9 Å². The van der Waals surface area contributed by atoms with Crippen molar-refractivity contribution in [2.75, 3.05) is 44.9 Å². The fraction of sp³-hybridized carbons (Fsp3) is 0.481. The molecule has 7 nitrogen and oxygen atoms in total. The lowest BCUT2D eigenvalue weighted by atomic mass is 9.57. The Hall–Kier alpha value is -2.82. The van der Waals surface area contributed by atoms with Crippen molar-refractivity contribution in [1.82, 2.24) is 19.7 Å². The van der Waals surface area contributed by atoms with Crippen LogP contribution in [0, 0.1) is 17.0 Å². The van der Waals surface area contributed by atoms with Crippen LogP contribution in [0.5, 0.6) is 5.75 Å². The maximum Gasteiger partial charge on any atom is 0.169 e. The Morgan fingerprint density at radius 3 is 2.55 bits per heavy atom. The first kappa shape index (κ1) is 24.2. The zero-order chi connectivity index (χ0) is 26.2. The number of aromatic nitrogens is 3. The molecule has 38 heavy (non-hydrogen) atoms. The number of benzene rings is 2. The molecule has 0 radical (unpaired) electrons. The van der Waals surface area contributed by atoms with Crippen LogP contribution in [0.15, 0.2) is 30.3 Å². The highest BCUT2D eigenvalue weighted by Gasteiger charge is 2.54. The van der Waals surface area contributed by atoms with Crippen LogP contribution in [0.4, 0.5) is 18.9 Å². The Bertz CT molecular complexity index is 1410. The van der Waals surface area contributed by atoms with Crippen LogP contribution >= 0.6 is 11.6 Å². The van der Waals surface area contributed by atoms with Crippen LogP contribution in [0.3, 0.4) is 0 Å². The summed E-state index contributed by atoms with van der Waals surface area (Å²) in [7, 11) is 1.37. The fourth-order valence-corrected chi connectivity index (χ4v) is 6.75. The Labute approximate surface area is 223 Å². The summed E-state index contributed by atoms with van der Waals surface area (Å²) in [6.45, 7) is 2.89. The number of anilines is 1. The highest BCUT2D eigenvalue weighted by molar-refractivity contribution is 6.30. The number of hydrogen-bond donors (Lipinski definition) is 0. The summed E-state index contributed by atoms with van der Waals surface area (Å²) >= 11 is 6.34. The second kappa shape index (κ2) is 8.59. The van der Waals surface area contributed by atoms with Gasteiger partial charge in [0, 0.05) is 54.7 Å². The number of ether oxygens (including phenoxy) is 2. The maximum absolute atomic E-state index is 14.9. The third-order valence-corrected chi connectivity index (χ3v) is 8.60. The molecule has 4 heterocycles. The average Bonchev–Trinajstić information content (AvgIpc) is 3.13. The number of rotatable bonds is 5. The van der Waals surface area contributed by atoms with E-state index in [1.165, 1.54) is 13.2 Å². The first-order valence-corrected chi connectivity index (χ1v) is 13.1. The zero-order valence-corrected chi connectivity index (χ0v) is 21.6. The number of halogens is 4. The molecular weight excluding hydrogens is 519 g/mol. The molecule has 3 fully saturated rings. The number of hydrogen-bond acceptors (Lipinski definition) is 6. The van der Waals surface area contributed by atoms with Gasteiger partial charge in [0.1, 0.15) is 11.6 Å². The largest absolute Gasteiger partial charge is 0.494 e. The van der Waals surface area contributed by atoms with Crippen molar-refractivity contribution in [3.8, 4) is 11.4 Å². The van der Waals surface area contributed by atoms with Crippen LogP contribution in [0.1, 0.15) is 36.0 Å². The lowest BCUT2D eigenvalue weighted by molar-refractivity contribution is -0.142. The van der Waals surface area contributed by atoms with Gasteiger partial charge >= 0.3 is 0 Å². The molecule has 1 aromatic heterocycles. The average molecular weight is 546 g/mol. The Morgan fingerprint density at radius 2 is 1.84 bits per heavy atom. The van der Waals surface area contributed by atoms with Gasteiger partial charge in [0.25, 0.3) is 0 Å². The van der Waals surface area contributed by atoms with Crippen molar-refractivity contribution in [2.45, 2.75) is 37.5 Å². The Balaban J connectivity index is 1.11. The van der Waals surface area contributed by atoms with Crippen LogP contribution in [0.2, 0.25) is 5.02 Å². The molecule has 0 unspecified atom stereocenters. The SMILES string of the molecule is COc1cc(N2CC3(CC(c4nnc5n4-c4ccc(Cl)cc4CN(CC4(F)COC4)C5)C3)C2)c(F)cc1F. The molecule has 200 valence electrons. The molecule has 2 aromatic carbocycles. The number of alkyl halides is 1. The van der Waals surface area contributed by atoms with E-state index in [0.717, 1.165) is 41.8 Å². The van der Waals surface area contributed by atoms with E-state index in [2.05, 4.69) is 14.8 Å². The summed E-state index contributed by atoms with van der Waals surface area (Å²) in [6.07, 6.45) is 1.80. The molecule has 1 spiro atoms. The zero-order valence-electron chi connectivity index (χ0n) is 20.9. The third kappa shape index (κ3) is 3.87. The maximum atomic E-state index is 14.9. The predicted molar refractivity (Wildman–Crippen MR) is 135 cm³/mol. The van der Waals surface area contributed by atoms with Crippen LogP contribution in [0.25, 0.3) is 5.69 Å². The van der Waals surface area contributed by atoms with Gasteiger partial charge in [0.2, 0.25) is 0 Å². The van der Waals surface area contributed by atoms with E-state index in [1.807, 2.05) is 28.0 Å². The Morgan fingerprint density at radius 1 is 1.05 bits per heavy atom. The Kier molecular flexibility index (Phi) is 5.48. The van der Waals surface area contributed by atoms with Gasteiger partial charge in [-0.25, -0.2) is 13.2 Å². The van der Waals surface area contributed by atoms with Gasteiger partial charge in [-0.05, 0) is 36.6 Å². The molecule has 0 atom stereocenters. The third-order valence-electron chi connectivity index (χ3n) is 8.36. The minimum absolute atomic E-state index is 0.0383. The second-order valence-corrected chi connectivity index (χ2v) is 11.7. The van der Waals surface area contributed by atoms with E-state index in [-0.39, 0.29) is 36.8 Å². The normalized spacial score (nSPS) is 21.7. The number of fused-ring (bicyclic) bond motifs is 3. The monoisotopic (exact) mass is 545 g/mol. The highest BCUT2D eigenvalue weighted by atomic mass is 35.5. The van der Waals surface area contributed by atoms with E-state index in [9.17, 15) is 13.2 Å². The lowest BCUT2D eigenvalue weighted by Gasteiger charge is -2.59. The highest BCUT2D eigenvalue weighted by Crippen LogP contribution is 2.57. The van der Waals surface area contributed by atoms with Gasteiger partial charge in [-0.3, -0.25) is 9.47 Å². The van der Waals surface area contributed by atoms with Gasteiger partial charge < -0.3 is 14.4 Å². The van der Waals surface area contributed by atoms with Crippen molar-refractivity contribution in [2.24, 2.45) is 5.41 Å². The van der Waals surface area contributed by atoms with E-state index in [4.69, 9.17) is 21.1 Å². The fourth-order valence-electron chi connectivity index (χ4n) is 6.56. The molecule has 11 heteroatoms. The quantitative estimate of drug-likeness (QED) is 0.465. The molecule has 0 N–H and O–H groups in total. The summed E-state index contributed by atoms with van der Waals surface area (Å²) < 4.78 is 55.5. The summed E-state index contributed by atoms with van der Waals surface area (Å²) in [6, 6.07) is 8.08. The van der Waals surface area contributed by atoms with Crippen molar-refractivity contribution in [3.05, 3.63) is 64.2 Å². The molecule has 4 aliphatic rings. The topological polar surface area (TPSA) is 55.7 Å². The molecule has 3 aromatic rings. The molecule has 0 amide bonds. The first-order valence-electron chi connectivity index (χ1n) is 12.7. The molecule has 7 rings (SSSR count). The summed E-state index contributed by atoms with van der Waals surface area (Å²) in [5.41, 5.74) is 1.06. The second-order valence-electron chi connectivity index (χ2n) is 11.3. The molecule has 1 aliphatic carbocycles. The van der Waals surface area contributed by atoms with Crippen molar-refractivity contribution < 1.29 is 22.6 Å². The van der Waals surface area contributed by atoms with Crippen LogP contribution in [-0.4, -0.2) is 65.3 Å². The minimum Gasteiger partial charge on any atom is -0.494 e. The first-order chi connectivity index (χ1) is 18.2. The van der Waals surface area contributed by atoms with Gasteiger partial charge in [-0.1, -0.05) is 11.6 Å². The van der Waals surface area contributed by atoms with Crippen molar-refractivity contribution in [3.63, 3.8) is 0 Å². The smallest absolute Gasteiger partial charge is 0.169 e. The van der Waals surface area contributed by atoms with Crippen LogP contribution < -0.4 is 9.64 Å². The van der Waals surface area contributed by atoms with E-state index in [1.54, 1.807) is 0 Å².